The number of aryl methyl sites for hydroxylation is 1. The van der Waals surface area contributed by atoms with E-state index in [0.29, 0.717) is 0 Å². The van der Waals surface area contributed by atoms with Gasteiger partial charge in [0.15, 0.2) is 17.2 Å². The molecule has 1 aliphatic heterocycles. The summed E-state index contributed by atoms with van der Waals surface area (Å²) in [4.78, 5) is 0. The number of rotatable bonds is 11. The normalized spacial score (nSPS) is 17.8. The number of fused-ring (bicyclic) bond motifs is 1. The molecule has 1 aromatic heterocycles. The molecule has 0 saturated heterocycles. The Morgan fingerprint density at radius 3 is 2.26 bits per heavy atom. The van der Waals surface area contributed by atoms with Crippen LogP contribution in [0.15, 0.2) is 30.3 Å². The molecule has 1 atom stereocenters. The van der Waals surface area contributed by atoms with Gasteiger partial charge in [0.25, 0.3) is 0 Å². The van der Waals surface area contributed by atoms with Gasteiger partial charge in [0.1, 0.15) is 13.6 Å². The first kappa shape index (κ1) is 23.4. The van der Waals surface area contributed by atoms with Crippen molar-refractivity contribution in [2.75, 3.05) is 41.5 Å². The summed E-state index contributed by atoms with van der Waals surface area (Å²) >= 11 is 0. The van der Waals surface area contributed by atoms with Crippen molar-refractivity contribution in [1.82, 2.24) is 0 Å². The van der Waals surface area contributed by atoms with Gasteiger partial charge in [0.05, 0.1) is 47.5 Å². The van der Waals surface area contributed by atoms with Gasteiger partial charge in [-0.05, 0) is 43.0 Å². The minimum atomic E-state index is 0.846. The first-order valence-corrected chi connectivity index (χ1v) is 11.6. The van der Waals surface area contributed by atoms with Crippen molar-refractivity contribution in [3.63, 3.8) is 0 Å². The van der Waals surface area contributed by atoms with Crippen molar-refractivity contribution >= 4 is 0 Å². The van der Waals surface area contributed by atoms with Crippen LogP contribution >= 0.6 is 0 Å². The van der Waals surface area contributed by atoms with Crippen molar-refractivity contribution in [2.24, 2.45) is 7.05 Å². The van der Waals surface area contributed by atoms with Crippen LogP contribution in [0.4, 0.5) is 0 Å². The van der Waals surface area contributed by atoms with Crippen LogP contribution in [0.25, 0.3) is 0 Å². The fraction of sp³-hybridized carbons (Fsp3) is 0.577. The van der Waals surface area contributed by atoms with Crippen LogP contribution in [-0.4, -0.2) is 45.9 Å². The fourth-order valence-electron chi connectivity index (χ4n) is 4.81. The van der Waals surface area contributed by atoms with Crippen LogP contribution in [0.3, 0.4) is 0 Å². The maximum absolute atomic E-state index is 5.52. The van der Waals surface area contributed by atoms with Gasteiger partial charge in [-0.2, -0.15) is 4.57 Å². The smallest absolute Gasteiger partial charge is 0.367 e. The van der Waals surface area contributed by atoms with Crippen LogP contribution in [-0.2, 0) is 26.4 Å². The average molecular weight is 429 g/mol. The number of hydrogen-bond donors (Lipinski definition) is 0. The van der Waals surface area contributed by atoms with Gasteiger partial charge < -0.3 is 18.7 Å². The third-order valence-electron chi connectivity index (χ3n) is 6.81. The quantitative estimate of drug-likeness (QED) is 0.305. The summed E-state index contributed by atoms with van der Waals surface area (Å²) < 4.78 is 19.7. The third-order valence-corrected chi connectivity index (χ3v) is 6.81. The Labute approximate surface area is 188 Å². The molecule has 3 rings (SSSR count). The first-order valence-electron chi connectivity index (χ1n) is 11.6. The number of methoxy groups -OCH3 is 3. The zero-order valence-electron chi connectivity index (χ0n) is 20.1. The molecule has 0 radical (unpaired) electrons. The monoisotopic (exact) mass is 428 g/mol. The fourth-order valence-corrected chi connectivity index (χ4v) is 4.81. The predicted octanol–water partition coefficient (Wildman–Crippen LogP) is 4.23. The lowest BCUT2D eigenvalue weighted by atomic mass is 9.96. The molecule has 5 nitrogen and oxygen atoms in total. The molecular weight excluding hydrogens is 388 g/mol. The lowest BCUT2D eigenvalue weighted by Crippen LogP contribution is -2.48. The highest BCUT2D eigenvalue weighted by Gasteiger charge is 2.29. The van der Waals surface area contributed by atoms with E-state index in [1.807, 2.05) is 6.07 Å². The Morgan fingerprint density at radius 2 is 1.55 bits per heavy atom. The highest BCUT2D eigenvalue weighted by atomic mass is 16.5. The number of ether oxygens (including phenoxy) is 3. The van der Waals surface area contributed by atoms with Crippen LogP contribution in [0.5, 0.6) is 17.4 Å². The highest BCUT2D eigenvalue weighted by molar-refractivity contribution is 5.47. The van der Waals surface area contributed by atoms with Gasteiger partial charge in [0, 0.05) is 24.5 Å². The SMILES string of the molecule is COc1cc2c(cc1OC)C[N+](C)(CCCCCCCc1cccc(OC)[n+]1C)CC2. The number of nitrogens with zero attached hydrogens (tertiary/aromatic N) is 2. The zero-order chi connectivity index (χ0) is 22.3. The summed E-state index contributed by atoms with van der Waals surface area (Å²) in [7, 11) is 9.65. The molecule has 0 aliphatic carbocycles. The van der Waals surface area contributed by atoms with E-state index in [0.717, 1.165) is 41.2 Å². The van der Waals surface area contributed by atoms with E-state index >= 15 is 0 Å². The molecule has 2 aromatic rings. The van der Waals surface area contributed by atoms with Crippen molar-refractivity contribution in [1.29, 1.82) is 0 Å². The molecule has 2 heterocycles. The van der Waals surface area contributed by atoms with E-state index in [-0.39, 0.29) is 0 Å². The van der Waals surface area contributed by atoms with Crippen LogP contribution in [0, 0.1) is 0 Å². The van der Waals surface area contributed by atoms with Crippen LogP contribution in [0.1, 0.15) is 48.9 Å². The lowest BCUT2D eigenvalue weighted by molar-refractivity contribution is -0.924. The molecule has 0 saturated carbocycles. The summed E-state index contributed by atoms with van der Waals surface area (Å²) in [6, 6.07) is 10.6. The van der Waals surface area contributed by atoms with E-state index in [2.05, 4.69) is 42.9 Å². The molecule has 0 fully saturated rings. The van der Waals surface area contributed by atoms with E-state index in [1.165, 1.54) is 62.0 Å². The maximum atomic E-state index is 5.52. The maximum Gasteiger partial charge on any atom is 0.367 e. The van der Waals surface area contributed by atoms with Crippen molar-refractivity contribution in [3.05, 3.63) is 47.2 Å². The number of benzene rings is 1. The second-order valence-corrected chi connectivity index (χ2v) is 9.09. The minimum Gasteiger partial charge on any atom is -0.493 e. The zero-order valence-corrected chi connectivity index (χ0v) is 20.1. The number of hydrogen-bond acceptors (Lipinski definition) is 3. The van der Waals surface area contributed by atoms with Gasteiger partial charge >= 0.3 is 5.88 Å². The Bertz CT molecular complexity index is 868. The Morgan fingerprint density at radius 1 is 0.871 bits per heavy atom. The molecular formula is C26H40N2O3+2. The molecule has 0 amide bonds. The van der Waals surface area contributed by atoms with Crippen molar-refractivity contribution in [2.45, 2.75) is 51.5 Å². The molecule has 0 spiro atoms. The van der Waals surface area contributed by atoms with Crippen LogP contribution in [0.2, 0.25) is 0 Å². The van der Waals surface area contributed by atoms with Gasteiger partial charge in [-0.15, -0.1) is 0 Å². The molecule has 5 heteroatoms. The number of pyridine rings is 1. The average Bonchev–Trinajstić information content (AvgIpc) is 2.78. The molecule has 0 bridgehead atoms. The second kappa shape index (κ2) is 10.9. The summed E-state index contributed by atoms with van der Waals surface area (Å²) in [6.07, 6.45) is 8.69. The second-order valence-electron chi connectivity index (χ2n) is 9.09. The summed E-state index contributed by atoms with van der Waals surface area (Å²) in [5.74, 6) is 2.62. The number of quaternary nitrogens is 1. The third kappa shape index (κ3) is 5.91. The summed E-state index contributed by atoms with van der Waals surface area (Å²) in [5, 5.41) is 0. The Balaban J connectivity index is 1.40. The van der Waals surface area contributed by atoms with Gasteiger partial charge in [0.2, 0.25) is 0 Å². The molecule has 1 aliphatic rings. The van der Waals surface area contributed by atoms with E-state index in [9.17, 15) is 0 Å². The number of unbranched alkanes of at least 4 members (excludes halogenated alkanes) is 4. The number of aromatic nitrogens is 1. The van der Waals surface area contributed by atoms with Crippen molar-refractivity contribution in [3.8, 4) is 17.4 Å². The standard InChI is InChI=1S/C26H40N2O3/c1-27-23(13-11-14-26(27)31-5)12-9-7-6-8-10-16-28(2)17-15-21-18-24(29-3)25(30-4)19-22(21)20-28/h11,13-14,18-19H,6-10,12,15-17,20H2,1-5H3/q+2. The molecule has 170 valence electrons. The Hall–Kier alpha value is -2.27. The van der Waals surface area contributed by atoms with E-state index in [1.54, 1.807) is 21.3 Å². The lowest BCUT2D eigenvalue weighted by Gasteiger charge is -2.39. The van der Waals surface area contributed by atoms with E-state index < -0.39 is 0 Å². The summed E-state index contributed by atoms with van der Waals surface area (Å²) in [5.41, 5.74) is 4.17. The van der Waals surface area contributed by atoms with Crippen molar-refractivity contribution < 1.29 is 23.3 Å². The largest absolute Gasteiger partial charge is 0.493 e. The van der Waals surface area contributed by atoms with Crippen LogP contribution < -0.4 is 18.8 Å². The molecule has 1 unspecified atom stereocenters. The molecule has 31 heavy (non-hydrogen) atoms. The Kier molecular flexibility index (Phi) is 8.19. The topological polar surface area (TPSA) is 31.6 Å². The van der Waals surface area contributed by atoms with Gasteiger partial charge in [-0.3, -0.25) is 0 Å². The molecule has 1 aromatic carbocycles. The molecule has 0 N–H and O–H groups in total. The van der Waals surface area contributed by atoms with Gasteiger partial charge in [-0.1, -0.05) is 12.8 Å². The minimum absolute atomic E-state index is 0.846. The van der Waals surface area contributed by atoms with Gasteiger partial charge in [-0.25, -0.2) is 0 Å². The summed E-state index contributed by atoms with van der Waals surface area (Å²) in [6.45, 7) is 3.54. The number of likely N-dealkylation sites (N-methyl/N-ethyl adjacent to an activating group) is 1. The first-order chi connectivity index (χ1) is 15.0. The van der Waals surface area contributed by atoms with E-state index in [4.69, 9.17) is 14.2 Å². The predicted molar refractivity (Wildman–Crippen MR) is 124 cm³/mol. The highest BCUT2D eigenvalue weighted by Crippen LogP contribution is 2.34.